The van der Waals surface area contributed by atoms with Gasteiger partial charge in [0.15, 0.2) is 43.3 Å². The molecular weight excluding hydrogens is 1020 g/mol. The highest BCUT2D eigenvalue weighted by atomic mass is 16.8. The van der Waals surface area contributed by atoms with Gasteiger partial charge < -0.3 is 75.8 Å². The van der Waals surface area contributed by atoms with E-state index < -0.39 is 116 Å². The topological polar surface area (TPSA) is 216 Å². The largest absolute Gasteiger partial charge is 0.457 e. The first-order chi connectivity index (χ1) is 37.8. The molecule has 3 fully saturated rings. The summed E-state index contributed by atoms with van der Waals surface area (Å²) in [5.41, 5.74) is 2.62. The van der Waals surface area contributed by atoms with E-state index in [1.54, 1.807) is 0 Å². The molecule has 0 aromatic heterocycles. The number of esters is 4. The van der Waals surface area contributed by atoms with Gasteiger partial charge in [0.05, 0.1) is 39.6 Å². The summed E-state index contributed by atoms with van der Waals surface area (Å²) in [6.07, 6.45) is -12.1. The van der Waals surface area contributed by atoms with Crippen LogP contribution in [0.4, 0.5) is 0 Å². The molecule has 0 N–H and O–H groups in total. The van der Waals surface area contributed by atoms with Gasteiger partial charge in [-0.3, -0.25) is 19.2 Å². The average molecular weight is 1100 g/mol. The molecule has 0 spiro atoms. The minimum atomic E-state index is -1.51. The van der Waals surface area contributed by atoms with Crippen molar-refractivity contribution >= 4 is 23.9 Å². The van der Waals surface area contributed by atoms with Gasteiger partial charge >= 0.3 is 23.9 Å². The molecule has 6 rings (SSSR count). The van der Waals surface area contributed by atoms with E-state index in [1.165, 1.54) is 49.0 Å². The van der Waals surface area contributed by atoms with Gasteiger partial charge in [0.25, 0.3) is 0 Å². The zero-order chi connectivity index (χ0) is 55.8. The number of benzene rings is 3. The van der Waals surface area contributed by atoms with E-state index in [9.17, 15) is 19.2 Å². The number of unbranched alkanes of at least 4 members (excludes halogenated alkanes) is 5. The van der Waals surface area contributed by atoms with E-state index in [1.807, 2.05) is 91.0 Å². The number of carbonyl (C=O) groups excluding carboxylic acids is 4. The zero-order valence-electron chi connectivity index (χ0n) is 46.2. The number of hydrogen-bond donors (Lipinski definition) is 0. The van der Waals surface area contributed by atoms with Crippen molar-refractivity contribution in [3.05, 3.63) is 108 Å². The van der Waals surface area contributed by atoms with Gasteiger partial charge in [0, 0.05) is 55.6 Å². The Balaban J connectivity index is 1.36. The van der Waals surface area contributed by atoms with Gasteiger partial charge in [-0.15, -0.1) is 0 Å². The van der Waals surface area contributed by atoms with Crippen molar-refractivity contribution in [2.75, 3.05) is 47.8 Å². The molecule has 3 aromatic carbocycles. The monoisotopic (exact) mass is 1100 g/mol. The minimum Gasteiger partial charge on any atom is -0.457 e. The third-order valence-corrected chi connectivity index (χ3v) is 13.3. The fraction of sp³-hybridized carbons (Fsp3) is 0.621. The van der Waals surface area contributed by atoms with Crippen LogP contribution in [0.2, 0.25) is 0 Å². The number of rotatable bonds is 31. The van der Waals surface area contributed by atoms with E-state index in [-0.39, 0.29) is 39.6 Å². The van der Waals surface area contributed by atoms with Crippen molar-refractivity contribution in [3.8, 4) is 0 Å². The third kappa shape index (κ3) is 18.8. The maximum atomic E-state index is 13.3. The molecule has 0 saturated carbocycles. The molecular formula is C58H80O20. The Morgan fingerprint density at radius 2 is 0.744 bits per heavy atom. The fourth-order valence-corrected chi connectivity index (χ4v) is 9.79. The average Bonchev–Trinajstić information content (AvgIpc) is 3.46. The lowest BCUT2D eigenvalue weighted by molar-refractivity contribution is -0.383. The van der Waals surface area contributed by atoms with Crippen LogP contribution < -0.4 is 0 Å². The summed E-state index contributed by atoms with van der Waals surface area (Å²) in [6.45, 7) is 7.57. The summed E-state index contributed by atoms with van der Waals surface area (Å²) in [7, 11) is 4.22. The summed E-state index contributed by atoms with van der Waals surface area (Å²) < 4.78 is 101. The van der Waals surface area contributed by atoms with E-state index >= 15 is 0 Å². The second-order valence-corrected chi connectivity index (χ2v) is 19.4. The Kier molecular flexibility index (Phi) is 26.3. The summed E-state index contributed by atoms with van der Waals surface area (Å²) in [4.78, 5) is 51.9. The molecule has 432 valence electrons. The normalized spacial score (nSPS) is 29.1. The summed E-state index contributed by atoms with van der Waals surface area (Å²) >= 11 is 0. The standard InChI is InChI=1S/C58H80O20/c1-9-10-11-12-13-23-30-69-56-53(65-8)52(71-38(3)60)49(46(74-56)36-68-33-43-28-21-16-22-29-43)78-58-55(73-40(5)62)51(64-7)48(45(76-58)35-67-32-42-26-19-15-20-27-42)77-57-54(72-39(4)61)50(63-6)47(70-37(2)59)44(75-57)34-66-31-41-24-17-14-18-25-41/h14-22,24-29,44-58H,9-13,23,30-36H2,1-8H3/t44-,45-,46-,47-,48-,49-,50+,51+,52+,53+,54+,55+,56+,57-,58-/m1/s1. The van der Waals surface area contributed by atoms with E-state index in [0.29, 0.717) is 6.61 Å². The fourth-order valence-electron chi connectivity index (χ4n) is 9.79. The summed E-state index contributed by atoms with van der Waals surface area (Å²) in [6, 6.07) is 28.4. The minimum absolute atomic E-state index is 0.0829. The van der Waals surface area contributed by atoms with Gasteiger partial charge in [-0.2, -0.15) is 0 Å². The van der Waals surface area contributed by atoms with Gasteiger partial charge in [-0.25, -0.2) is 0 Å². The molecule has 78 heavy (non-hydrogen) atoms. The predicted molar refractivity (Wildman–Crippen MR) is 278 cm³/mol. The van der Waals surface area contributed by atoms with Crippen molar-refractivity contribution in [1.82, 2.24) is 0 Å². The molecule has 0 amide bonds. The first kappa shape index (κ1) is 62.3. The second-order valence-electron chi connectivity index (χ2n) is 19.4. The lowest BCUT2D eigenvalue weighted by Crippen LogP contribution is -2.68. The highest BCUT2D eigenvalue weighted by molar-refractivity contribution is 5.67. The number of methoxy groups -OCH3 is 3. The lowest BCUT2D eigenvalue weighted by atomic mass is 9.95. The molecule has 3 heterocycles. The van der Waals surface area contributed by atoms with E-state index in [2.05, 4.69) is 6.92 Å². The zero-order valence-corrected chi connectivity index (χ0v) is 46.2. The molecule has 0 aliphatic carbocycles. The Labute approximate surface area is 458 Å². The maximum absolute atomic E-state index is 13.3. The van der Waals surface area contributed by atoms with Crippen LogP contribution >= 0.6 is 0 Å². The second kappa shape index (κ2) is 33.0. The van der Waals surface area contributed by atoms with Crippen LogP contribution in [0.25, 0.3) is 0 Å². The Morgan fingerprint density at radius 1 is 0.397 bits per heavy atom. The van der Waals surface area contributed by atoms with Crippen molar-refractivity contribution in [1.29, 1.82) is 0 Å². The quantitative estimate of drug-likeness (QED) is 0.0371. The van der Waals surface area contributed by atoms with Crippen LogP contribution in [-0.4, -0.2) is 164 Å². The van der Waals surface area contributed by atoms with Crippen LogP contribution in [0.5, 0.6) is 0 Å². The number of hydrogen-bond acceptors (Lipinski definition) is 20. The molecule has 0 bridgehead atoms. The van der Waals surface area contributed by atoms with Gasteiger partial charge in [-0.1, -0.05) is 130 Å². The van der Waals surface area contributed by atoms with Crippen molar-refractivity contribution < 1.29 is 95.0 Å². The van der Waals surface area contributed by atoms with E-state index in [4.69, 9.17) is 75.8 Å². The SMILES string of the molecule is CCCCCCCCO[C@H]1O[C@H](COCc2ccccc2)[C@@H](O[C@H]2O[C@H](COCc3ccccc3)[C@@H](O[C@H]3O[C@H](COCc4ccccc4)[C@@H](OC(C)=O)[C@H](OC)[C@@H]3OC(C)=O)[C@H](OC)[C@@H]2OC(C)=O)[C@H](OC(C)=O)[C@@H]1OC. The third-order valence-electron chi connectivity index (χ3n) is 13.3. The van der Waals surface area contributed by atoms with Gasteiger partial charge in [0.1, 0.15) is 48.8 Å². The van der Waals surface area contributed by atoms with Crippen LogP contribution in [0.15, 0.2) is 91.0 Å². The molecule has 20 heteroatoms. The summed E-state index contributed by atoms with van der Waals surface area (Å²) in [5, 5.41) is 0. The molecule has 15 atom stereocenters. The summed E-state index contributed by atoms with van der Waals surface area (Å²) in [5.74, 6) is -2.75. The molecule has 3 aliphatic rings. The molecule has 0 radical (unpaired) electrons. The molecule has 3 saturated heterocycles. The maximum Gasteiger partial charge on any atom is 0.303 e. The van der Waals surface area contributed by atoms with Crippen molar-refractivity contribution in [2.24, 2.45) is 0 Å². The van der Waals surface area contributed by atoms with E-state index in [0.717, 1.165) is 55.2 Å². The van der Waals surface area contributed by atoms with Crippen LogP contribution in [0, 0.1) is 0 Å². The van der Waals surface area contributed by atoms with Gasteiger partial charge in [-0.05, 0) is 23.1 Å². The number of ether oxygens (including phenoxy) is 16. The lowest BCUT2D eigenvalue weighted by Gasteiger charge is -2.50. The first-order valence-electron chi connectivity index (χ1n) is 26.8. The molecule has 3 aliphatic heterocycles. The molecule has 20 nitrogen and oxygen atoms in total. The van der Waals surface area contributed by atoms with Crippen molar-refractivity contribution in [3.63, 3.8) is 0 Å². The Morgan fingerprint density at radius 3 is 1.15 bits per heavy atom. The molecule has 0 unspecified atom stereocenters. The van der Waals surface area contributed by atoms with Crippen molar-refractivity contribution in [2.45, 2.75) is 185 Å². The Hall–Kier alpha value is -4.94. The van der Waals surface area contributed by atoms with Crippen LogP contribution in [0.3, 0.4) is 0 Å². The van der Waals surface area contributed by atoms with Crippen LogP contribution in [-0.2, 0) is 115 Å². The van der Waals surface area contributed by atoms with Gasteiger partial charge in [0.2, 0.25) is 0 Å². The highest BCUT2D eigenvalue weighted by Gasteiger charge is 2.58. The van der Waals surface area contributed by atoms with Crippen LogP contribution in [0.1, 0.15) is 89.8 Å². The number of carbonyl (C=O) groups is 4. The Bertz CT molecular complexity index is 2200. The molecule has 3 aromatic rings. The highest BCUT2D eigenvalue weighted by Crippen LogP contribution is 2.38. The first-order valence-corrected chi connectivity index (χ1v) is 26.8. The smallest absolute Gasteiger partial charge is 0.303 e. The predicted octanol–water partition coefficient (Wildman–Crippen LogP) is 6.73.